The molecule has 0 fully saturated rings. The average Bonchev–Trinajstić information content (AvgIpc) is 3.01. The van der Waals surface area contributed by atoms with E-state index in [1.165, 1.54) is 18.5 Å². The highest BCUT2D eigenvalue weighted by Crippen LogP contribution is 2.27. The van der Waals surface area contributed by atoms with Gasteiger partial charge >= 0.3 is 0 Å². The zero-order chi connectivity index (χ0) is 18.5. The number of carbonyl (C=O) groups is 1. The highest BCUT2D eigenvalue weighted by Gasteiger charge is 2.29. The molecule has 2 aromatic rings. The van der Waals surface area contributed by atoms with Crippen LogP contribution in [0.5, 0.6) is 0 Å². The number of unbranched alkanes of at least 4 members (excludes halogenated alkanes) is 1. The van der Waals surface area contributed by atoms with Crippen LogP contribution in [0.4, 0.5) is 0 Å². The molecule has 6 heteroatoms. The Bertz CT molecular complexity index is 740. The van der Waals surface area contributed by atoms with Gasteiger partial charge in [-0.05, 0) is 57.0 Å². The molecule has 1 atom stereocenters. The number of hydrogen-bond acceptors (Lipinski definition) is 4. The lowest BCUT2D eigenvalue weighted by molar-refractivity contribution is 0.0943. The summed E-state index contributed by atoms with van der Waals surface area (Å²) >= 11 is 0. The van der Waals surface area contributed by atoms with Crippen molar-refractivity contribution >= 4 is 5.91 Å². The first kappa shape index (κ1) is 18.6. The van der Waals surface area contributed by atoms with E-state index in [9.17, 15) is 4.79 Å². The van der Waals surface area contributed by atoms with Crippen LogP contribution < -0.4 is 5.32 Å². The molecule has 1 amide bonds. The molecule has 140 valence electrons. The van der Waals surface area contributed by atoms with Gasteiger partial charge in [0.15, 0.2) is 5.69 Å². The van der Waals surface area contributed by atoms with E-state index in [-0.39, 0.29) is 5.91 Å². The van der Waals surface area contributed by atoms with Gasteiger partial charge in [-0.3, -0.25) is 14.5 Å². The fourth-order valence-corrected chi connectivity index (χ4v) is 3.69. The zero-order valence-electron chi connectivity index (χ0n) is 16.0. The van der Waals surface area contributed by atoms with Crippen LogP contribution in [-0.2, 0) is 26.4 Å². The van der Waals surface area contributed by atoms with Gasteiger partial charge in [0.2, 0.25) is 0 Å². The van der Waals surface area contributed by atoms with E-state index in [0.717, 1.165) is 36.9 Å². The largest absolute Gasteiger partial charge is 0.347 e. The zero-order valence-corrected chi connectivity index (χ0v) is 16.0. The van der Waals surface area contributed by atoms with Crippen molar-refractivity contribution in [1.29, 1.82) is 0 Å². The van der Waals surface area contributed by atoms with E-state index in [1.54, 1.807) is 12.4 Å². The van der Waals surface area contributed by atoms with Gasteiger partial charge in [-0.15, -0.1) is 0 Å². The first-order chi connectivity index (χ1) is 12.6. The summed E-state index contributed by atoms with van der Waals surface area (Å²) in [6.07, 6.45) is 8.91. The molecular formula is C20H29N5O. The minimum Gasteiger partial charge on any atom is -0.347 e. The predicted molar refractivity (Wildman–Crippen MR) is 102 cm³/mol. The van der Waals surface area contributed by atoms with Crippen LogP contribution in [0.25, 0.3) is 0 Å². The first-order valence-electron chi connectivity index (χ1n) is 9.52. The minimum atomic E-state index is -0.0875. The number of nitrogens with one attached hydrogen (secondary N) is 1. The molecule has 0 aliphatic heterocycles. The van der Waals surface area contributed by atoms with Gasteiger partial charge in [-0.25, -0.2) is 0 Å². The van der Waals surface area contributed by atoms with Gasteiger partial charge in [0.25, 0.3) is 5.91 Å². The van der Waals surface area contributed by atoms with E-state index < -0.39 is 0 Å². The molecule has 2 aromatic heterocycles. The minimum absolute atomic E-state index is 0.0875. The van der Waals surface area contributed by atoms with Crippen molar-refractivity contribution in [2.24, 2.45) is 7.05 Å². The molecule has 2 heterocycles. The molecule has 1 N–H and O–H groups in total. The smallest absolute Gasteiger partial charge is 0.272 e. The number of likely N-dealkylation sites (N-methyl/N-ethyl adjacent to an activating group) is 1. The van der Waals surface area contributed by atoms with Crippen LogP contribution in [0, 0.1) is 0 Å². The number of rotatable bonds is 7. The molecule has 0 saturated carbocycles. The van der Waals surface area contributed by atoms with Gasteiger partial charge in [0.05, 0.1) is 0 Å². The van der Waals surface area contributed by atoms with Gasteiger partial charge in [0.1, 0.15) is 0 Å². The van der Waals surface area contributed by atoms with Crippen molar-refractivity contribution in [3.8, 4) is 0 Å². The van der Waals surface area contributed by atoms with E-state index in [1.807, 2.05) is 23.9 Å². The van der Waals surface area contributed by atoms with Gasteiger partial charge in [-0.1, -0.05) is 13.3 Å². The maximum Gasteiger partial charge on any atom is 0.272 e. The molecule has 6 nitrogen and oxygen atoms in total. The molecule has 26 heavy (non-hydrogen) atoms. The first-order valence-corrected chi connectivity index (χ1v) is 9.52. The molecule has 0 bridgehead atoms. The van der Waals surface area contributed by atoms with Crippen molar-refractivity contribution in [3.63, 3.8) is 0 Å². The number of amides is 1. The molecule has 3 rings (SSSR count). The van der Waals surface area contributed by atoms with E-state index in [2.05, 4.69) is 34.3 Å². The van der Waals surface area contributed by atoms with Crippen LogP contribution in [-0.4, -0.2) is 45.2 Å². The lowest BCUT2D eigenvalue weighted by Gasteiger charge is -2.31. The van der Waals surface area contributed by atoms with Crippen LogP contribution in [0.15, 0.2) is 24.5 Å². The number of fused-ring (bicyclic) bond motifs is 1. The molecule has 0 saturated heterocycles. The third kappa shape index (κ3) is 4.12. The quantitative estimate of drug-likeness (QED) is 0.828. The van der Waals surface area contributed by atoms with E-state index >= 15 is 0 Å². The number of nitrogens with zero attached hydrogens (tertiary/aromatic N) is 4. The highest BCUT2D eigenvalue weighted by molar-refractivity contribution is 5.94. The Labute approximate surface area is 155 Å². The normalized spacial score (nSPS) is 16.5. The van der Waals surface area contributed by atoms with Crippen molar-refractivity contribution in [3.05, 3.63) is 47.0 Å². The van der Waals surface area contributed by atoms with Crippen molar-refractivity contribution in [2.75, 3.05) is 13.6 Å². The Hall–Kier alpha value is -2.21. The van der Waals surface area contributed by atoms with Crippen molar-refractivity contribution in [2.45, 2.75) is 51.6 Å². The maximum absolute atomic E-state index is 12.7. The Morgan fingerprint density at radius 2 is 2.15 bits per heavy atom. The summed E-state index contributed by atoms with van der Waals surface area (Å²) in [6.45, 7) is 3.83. The number of hydrogen-bond donors (Lipinski definition) is 1. The fraction of sp³-hybridized carbons (Fsp3) is 0.550. The summed E-state index contributed by atoms with van der Waals surface area (Å²) in [7, 11) is 4.14. The topological polar surface area (TPSA) is 63.1 Å². The van der Waals surface area contributed by atoms with Crippen LogP contribution in [0.1, 0.15) is 53.5 Å². The summed E-state index contributed by atoms with van der Waals surface area (Å²) < 4.78 is 1.89. The second-order valence-corrected chi connectivity index (χ2v) is 7.17. The summed E-state index contributed by atoms with van der Waals surface area (Å²) in [5.74, 6) is -0.0875. The molecule has 0 aromatic carbocycles. The Morgan fingerprint density at radius 3 is 2.88 bits per heavy atom. The third-order valence-electron chi connectivity index (χ3n) is 5.33. The summed E-state index contributed by atoms with van der Waals surface area (Å²) in [4.78, 5) is 19.2. The summed E-state index contributed by atoms with van der Waals surface area (Å²) in [5, 5.41) is 7.54. The summed E-state index contributed by atoms with van der Waals surface area (Å²) in [5.41, 5.74) is 3.96. The maximum atomic E-state index is 12.7. The SMILES string of the molecule is CCCCN(C)[C@H]1CCc2c(c(C(=O)NCc3ccncc3)nn2C)C1. The van der Waals surface area contributed by atoms with Crippen molar-refractivity contribution < 1.29 is 4.79 Å². The highest BCUT2D eigenvalue weighted by atomic mass is 16.1. The van der Waals surface area contributed by atoms with E-state index in [4.69, 9.17) is 0 Å². The molecule has 0 unspecified atom stereocenters. The standard InChI is InChI=1S/C20H29N5O/c1-4-5-12-24(2)16-6-7-18-17(13-16)19(23-25(18)3)20(26)22-14-15-8-10-21-11-9-15/h8-11,16H,4-7,12-14H2,1-3H3,(H,22,26)/t16-/m0/s1. The van der Waals surface area contributed by atoms with Crippen LogP contribution in [0.3, 0.4) is 0 Å². The van der Waals surface area contributed by atoms with Gasteiger partial charge < -0.3 is 10.2 Å². The van der Waals surface area contributed by atoms with Crippen LogP contribution in [0.2, 0.25) is 0 Å². The Balaban J connectivity index is 1.70. The Morgan fingerprint density at radius 1 is 1.38 bits per heavy atom. The lowest BCUT2D eigenvalue weighted by atomic mass is 9.90. The lowest BCUT2D eigenvalue weighted by Crippen LogP contribution is -2.37. The molecule has 0 spiro atoms. The Kier molecular flexibility index (Phi) is 6.04. The molecular weight excluding hydrogens is 326 g/mol. The van der Waals surface area contributed by atoms with Gasteiger partial charge in [-0.2, -0.15) is 5.10 Å². The van der Waals surface area contributed by atoms with Gasteiger partial charge in [0, 0.05) is 43.3 Å². The average molecular weight is 355 g/mol. The molecule has 0 radical (unpaired) electrons. The predicted octanol–water partition coefficient (Wildman–Crippen LogP) is 2.33. The summed E-state index contributed by atoms with van der Waals surface area (Å²) in [6, 6.07) is 4.31. The molecule has 1 aliphatic carbocycles. The van der Waals surface area contributed by atoms with E-state index in [0.29, 0.717) is 18.3 Å². The van der Waals surface area contributed by atoms with Crippen molar-refractivity contribution in [1.82, 2.24) is 25.0 Å². The number of aryl methyl sites for hydroxylation is 1. The third-order valence-corrected chi connectivity index (χ3v) is 5.33. The van der Waals surface area contributed by atoms with Crippen LogP contribution >= 0.6 is 0 Å². The number of aromatic nitrogens is 3. The second-order valence-electron chi connectivity index (χ2n) is 7.17. The number of carbonyl (C=O) groups excluding carboxylic acids is 1. The second kappa shape index (κ2) is 8.45. The number of pyridine rings is 1. The molecule has 1 aliphatic rings. The fourth-order valence-electron chi connectivity index (χ4n) is 3.69. The monoisotopic (exact) mass is 355 g/mol.